The molecule has 8 heteroatoms. The number of nitrogens with zero attached hydrogens (tertiary/aromatic N) is 3. The van der Waals surface area contributed by atoms with E-state index in [1.165, 1.54) is 37.8 Å². The Bertz CT molecular complexity index is 807. The first-order valence-corrected chi connectivity index (χ1v) is 6.28. The number of amides is 1. The third kappa shape index (κ3) is 2.20. The molecule has 2 aromatic rings. The first kappa shape index (κ1) is 14.3. The van der Waals surface area contributed by atoms with Gasteiger partial charge in [-0.2, -0.15) is 0 Å². The summed E-state index contributed by atoms with van der Waals surface area (Å²) < 4.78 is 2.21. The fourth-order valence-electron chi connectivity index (χ4n) is 1.82. The van der Waals surface area contributed by atoms with Crippen molar-refractivity contribution < 1.29 is 4.79 Å². The van der Waals surface area contributed by atoms with Gasteiger partial charge in [-0.1, -0.05) is 0 Å². The van der Waals surface area contributed by atoms with Gasteiger partial charge >= 0.3 is 5.69 Å². The zero-order valence-electron chi connectivity index (χ0n) is 11.2. The van der Waals surface area contributed by atoms with E-state index in [1.807, 2.05) is 0 Å². The molecule has 0 radical (unpaired) electrons. The summed E-state index contributed by atoms with van der Waals surface area (Å²) in [5.41, 5.74) is -0.514. The van der Waals surface area contributed by atoms with Crippen molar-refractivity contribution in [3.05, 3.63) is 33.1 Å². The maximum atomic E-state index is 12.2. The Labute approximate surface area is 118 Å². The van der Waals surface area contributed by atoms with Crippen LogP contribution in [0.25, 0.3) is 11.0 Å². The molecule has 1 amide bonds. The molecule has 0 aliphatic carbocycles. The van der Waals surface area contributed by atoms with Crippen LogP contribution >= 0.6 is 11.6 Å². The number of aryl methyl sites for hydroxylation is 1. The van der Waals surface area contributed by atoms with E-state index >= 15 is 0 Å². The summed E-state index contributed by atoms with van der Waals surface area (Å²) in [6.07, 6.45) is 1.41. The number of carbonyl (C=O) groups excluding carboxylic acids is 1. The number of hydrogen-bond donors (Lipinski definition) is 1. The molecule has 0 aliphatic rings. The minimum Gasteiger partial charge on any atom is -0.324 e. The molecule has 106 valence electrons. The number of pyridine rings is 1. The number of halogens is 1. The average Bonchev–Trinajstić information content (AvgIpc) is 2.42. The van der Waals surface area contributed by atoms with E-state index in [2.05, 4.69) is 10.3 Å². The summed E-state index contributed by atoms with van der Waals surface area (Å²) in [7, 11) is 2.87. The summed E-state index contributed by atoms with van der Waals surface area (Å²) in [5, 5.41) is 1.99. The van der Waals surface area contributed by atoms with Gasteiger partial charge in [-0.25, -0.2) is 9.78 Å². The molecule has 0 fully saturated rings. The van der Waals surface area contributed by atoms with E-state index in [9.17, 15) is 14.4 Å². The molecule has 20 heavy (non-hydrogen) atoms. The van der Waals surface area contributed by atoms with Gasteiger partial charge in [0.05, 0.1) is 5.69 Å². The van der Waals surface area contributed by atoms with Crippen LogP contribution in [0, 0.1) is 0 Å². The fourth-order valence-corrected chi connectivity index (χ4v) is 1.88. The van der Waals surface area contributed by atoms with Gasteiger partial charge in [0.1, 0.15) is 10.8 Å². The van der Waals surface area contributed by atoms with Crippen molar-refractivity contribution in [3.8, 4) is 0 Å². The van der Waals surface area contributed by atoms with E-state index in [4.69, 9.17) is 11.6 Å². The topological polar surface area (TPSA) is 86.0 Å². The summed E-state index contributed by atoms with van der Waals surface area (Å²) in [6.45, 7) is 1.52. The first-order valence-electron chi connectivity index (χ1n) is 5.84. The molecule has 0 aromatic carbocycles. The van der Waals surface area contributed by atoms with Gasteiger partial charge in [0.15, 0.2) is 5.65 Å². The van der Waals surface area contributed by atoms with Crippen LogP contribution in [0.15, 0.2) is 21.9 Å². The van der Waals surface area contributed by atoms with Crippen molar-refractivity contribution in [2.75, 3.05) is 5.32 Å². The lowest BCUT2D eigenvalue weighted by Gasteiger charge is -2.11. The lowest BCUT2D eigenvalue weighted by atomic mass is 10.2. The molecule has 2 aromatic heterocycles. The molecule has 1 atom stereocenters. The standard InChI is InChI=1S/C12H13ClN4O3/c1-6(13)10(18)15-7-4-5-14-9-8(7)11(19)17(3)12(20)16(9)2/h4-6H,1-3H3,(H,14,15,18). The molecule has 7 nitrogen and oxygen atoms in total. The number of nitrogens with one attached hydrogen (secondary N) is 1. The number of anilines is 1. The monoisotopic (exact) mass is 296 g/mol. The zero-order valence-corrected chi connectivity index (χ0v) is 11.9. The van der Waals surface area contributed by atoms with Gasteiger partial charge in [0, 0.05) is 20.3 Å². The molecule has 1 N–H and O–H groups in total. The second-order valence-electron chi connectivity index (χ2n) is 4.37. The minimum absolute atomic E-state index is 0.169. The van der Waals surface area contributed by atoms with Gasteiger partial charge in [0.25, 0.3) is 5.56 Å². The third-order valence-corrected chi connectivity index (χ3v) is 3.16. The van der Waals surface area contributed by atoms with Crippen LogP contribution < -0.4 is 16.6 Å². The van der Waals surface area contributed by atoms with E-state index in [-0.39, 0.29) is 16.7 Å². The highest BCUT2D eigenvalue weighted by Crippen LogP contribution is 2.17. The second kappa shape index (κ2) is 5.09. The van der Waals surface area contributed by atoms with Crippen LogP contribution in [0.4, 0.5) is 5.69 Å². The highest BCUT2D eigenvalue weighted by Gasteiger charge is 2.16. The number of rotatable bonds is 2. The molecule has 0 saturated carbocycles. The molecule has 2 heterocycles. The Morgan fingerprint density at radius 1 is 1.35 bits per heavy atom. The van der Waals surface area contributed by atoms with Gasteiger partial charge in [0.2, 0.25) is 5.91 Å². The quantitative estimate of drug-likeness (QED) is 0.802. The van der Waals surface area contributed by atoms with E-state index in [0.29, 0.717) is 0 Å². The molecule has 0 aliphatic heterocycles. The summed E-state index contributed by atoms with van der Waals surface area (Å²) in [6, 6.07) is 1.49. The minimum atomic E-state index is -0.741. The molecular formula is C12H13ClN4O3. The number of carbonyl (C=O) groups is 1. The fraction of sp³-hybridized carbons (Fsp3) is 0.333. The van der Waals surface area contributed by atoms with E-state index in [0.717, 1.165) is 4.57 Å². The van der Waals surface area contributed by atoms with Crippen LogP contribution in [0.3, 0.4) is 0 Å². The Balaban J connectivity index is 2.79. The van der Waals surface area contributed by atoms with Crippen LogP contribution in [0.1, 0.15) is 6.92 Å². The number of alkyl halides is 1. The zero-order chi connectivity index (χ0) is 15.0. The Kier molecular flexibility index (Phi) is 3.63. The Hall–Kier alpha value is -2.15. The molecule has 0 spiro atoms. The smallest absolute Gasteiger partial charge is 0.324 e. The second-order valence-corrected chi connectivity index (χ2v) is 5.02. The Morgan fingerprint density at radius 3 is 2.60 bits per heavy atom. The largest absolute Gasteiger partial charge is 0.332 e. The van der Waals surface area contributed by atoms with E-state index in [1.54, 1.807) is 0 Å². The number of aromatic nitrogens is 3. The predicted molar refractivity (Wildman–Crippen MR) is 76.2 cm³/mol. The number of fused-ring (bicyclic) bond motifs is 1. The summed E-state index contributed by atoms with van der Waals surface area (Å²) in [5.74, 6) is -0.435. The van der Waals surface area contributed by atoms with Crippen molar-refractivity contribution in [2.24, 2.45) is 14.1 Å². The van der Waals surface area contributed by atoms with E-state index < -0.39 is 22.5 Å². The number of hydrogen-bond acceptors (Lipinski definition) is 4. The Morgan fingerprint density at radius 2 is 2.00 bits per heavy atom. The highest BCUT2D eigenvalue weighted by atomic mass is 35.5. The van der Waals surface area contributed by atoms with Crippen molar-refractivity contribution in [1.29, 1.82) is 0 Å². The normalized spacial score (nSPS) is 12.4. The van der Waals surface area contributed by atoms with Crippen molar-refractivity contribution >= 4 is 34.2 Å². The molecule has 0 bridgehead atoms. The van der Waals surface area contributed by atoms with Crippen LogP contribution in [0.5, 0.6) is 0 Å². The third-order valence-electron chi connectivity index (χ3n) is 2.96. The van der Waals surface area contributed by atoms with Crippen LogP contribution in [-0.4, -0.2) is 25.4 Å². The van der Waals surface area contributed by atoms with Crippen molar-refractivity contribution in [3.63, 3.8) is 0 Å². The van der Waals surface area contributed by atoms with Gasteiger partial charge in [-0.15, -0.1) is 11.6 Å². The molecule has 2 rings (SSSR count). The van der Waals surface area contributed by atoms with Gasteiger partial charge in [-0.05, 0) is 13.0 Å². The lowest BCUT2D eigenvalue weighted by molar-refractivity contribution is -0.115. The van der Waals surface area contributed by atoms with Crippen molar-refractivity contribution in [1.82, 2.24) is 14.1 Å². The lowest BCUT2D eigenvalue weighted by Crippen LogP contribution is -2.37. The molecular weight excluding hydrogens is 284 g/mol. The molecule has 1 unspecified atom stereocenters. The van der Waals surface area contributed by atoms with Crippen LogP contribution in [-0.2, 0) is 18.9 Å². The van der Waals surface area contributed by atoms with Gasteiger partial charge in [-0.3, -0.25) is 18.7 Å². The predicted octanol–water partition coefficient (Wildman–Crippen LogP) is 0.198. The van der Waals surface area contributed by atoms with Gasteiger partial charge < -0.3 is 5.32 Å². The molecule has 0 saturated heterocycles. The van der Waals surface area contributed by atoms with Crippen LogP contribution in [0.2, 0.25) is 0 Å². The highest BCUT2D eigenvalue weighted by molar-refractivity contribution is 6.32. The summed E-state index contributed by atoms with van der Waals surface area (Å²) in [4.78, 5) is 39.7. The average molecular weight is 297 g/mol. The van der Waals surface area contributed by atoms with Crippen molar-refractivity contribution in [2.45, 2.75) is 12.3 Å². The maximum Gasteiger partial charge on any atom is 0.332 e. The first-order chi connectivity index (χ1) is 9.34. The SMILES string of the molecule is CC(Cl)C(=O)Nc1ccnc2c1c(=O)n(C)c(=O)n2C. The maximum absolute atomic E-state index is 12.2. The summed E-state index contributed by atoms with van der Waals surface area (Å²) >= 11 is 5.69.